The predicted molar refractivity (Wildman–Crippen MR) is 134 cm³/mol. The summed E-state index contributed by atoms with van der Waals surface area (Å²) in [6.45, 7) is 10.6. The van der Waals surface area contributed by atoms with E-state index in [1.807, 2.05) is 65.0 Å². The van der Waals surface area contributed by atoms with Gasteiger partial charge in [0.05, 0.1) is 5.60 Å². The number of ether oxygens (including phenoxy) is 1. The molecular formula is C29H31F2NO3. The maximum atomic E-state index is 13.8. The van der Waals surface area contributed by atoms with E-state index >= 15 is 0 Å². The first-order chi connectivity index (χ1) is 16.4. The van der Waals surface area contributed by atoms with Crippen LogP contribution < -0.4 is 4.90 Å². The van der Waals surface area contributed by atoms with Gasteiger partial charge in [-0.05, 0) is 87.1 Å². The Kier molecular flexibility index (Phi) is 6.69. The van der Waals surface area contributed by atoms with Crippen molar-refractivity contribution in [1.82, 2.24) is 0 Å². The lowest BCUT2D eigenvalue weighted by Gasteiger charge is -2.29. The number of hydrogen-bond acceptors (Lipinski definition) is 3. The Morgan fingerprint density at radius 1 is 1.06 bits per heavy atom. The van der Waals surface area contributed by atoms with Gasteiger partial charge in [-0.3, -0.25) is 0 Å². The number of fused-ring (bicyclic) bond motifs is 1. The lowest BCUT2D eigenvalue weighted by Crippen LogP contribution is -2.28. The van der Waals surface area contributed by atoms with Crippen molar-refractivity contribution in [3.05, 3.63) is 88.0 Å². The van der Waals surface area contributed by atoms with Gasteiger partial charge >= 0.3 is 5.97 Å². The number of aliphatic carboxylic acids is 1. The topological polar surface area (TPSA) is 49.8 Å². The van der Waals surface area contributed by atoms with Gasteiger partial charge in [-0.2, -0.15) is 0 Å². The fourth-order valence-electron chi connectivity index (χ4n) is 4.76. The van der Waals surface area contributed by atoms with Gasteiger partial charge in [0.25, 0.3) is 0 Å². The monoisotopic (exact) mass is 479 g/mol. The molecule has 184 valence electrons. The summed E-state index contributed by atoms with van der Waals surface area (Å²) in [5, 5.41) is 10.2. The van der Waals surface area contributed by atoms with Gasteiger partial charge in [0.2, 0.25) is 0 Å². The molecule has 1 aliphatic heterocycles. The van der Waals surface area contributed by atoms with Gasteiger partial charge in [0.1, 0.15) is 0 Å². The van der Waals surface area contributed by atoms with Crippen LogP contribution in [0, 0.1) is 25.5 Å². The average Bonchev–Trinajstić information content (AvgIpc) is 3.16. The minimum atomic E-state index is -1.13. The fourth-order valence-corrected chi connectivity index (χ4v) is 4.76. The van der Waals surface area contributed by atoms with Gasteiger partial charge < -0.3 is 14.7 Å². The van der Waals surface area contributed by atoms with Gasteiger partial charge in [0.15, 0.2) is 17.7 Å². The summed E-state index contributed by atoms with van der Waals surface area (Å²) in [4.78, 5) is 14.6. The van der Waals surface area contributed by atoms with Crippen LogP contribution in [0.15, 0.2) is 48.5 Å². The number of benzene rings is 3. The van der Waals surface area contributed by atoms with Crippen molar-refractivity contribution in [2.75, 3.05) is 11.4 Å². The van der Waals surface area contributed by atoms with E-state index < -0.39 is 29.3 Å². The lowest BCUT2D eigenvalue weighted by atomic mass is 9.86. The van der Waals surface area contributed by atoms with Crippen LogP contribution in [-0.4, -0.2) is 23.2 Å². The molecule has 0 amide bonds. The van der Waals surface area contributed by atoms with E-state index in [0.29, 0.717) is 30.6 Å². The molecule has 3 aromatic carbocycles. The van der Waals surface area contributed by atoms with Crippen LogP contribution in [0.4, 0.5) is 14.5 Å². The largest absolute Gasteiger partial charge is 0.479 e. The highest BCUT2D eigenvalue weighted by Gasteiger charge is 2.34. The number of nitrogens with zero attached hydrogens (tertiary/aromatic N) is 1. The first-order valence-corrected chi connectivity index (χ1v) is 11.8. The number of carboxylic acid groups (broad SMARTS) is 1. The quantitative estimate of drug-likeness (QED) is 0.425. The Labute approximate surface area is 205 Å². The highest BCUT2D eigenvalue weighted by molar-refractivity contribution is 5.86. The highest BCUT2D eigenvalue weighted by atomic mass is 19.2. The first-order valence-electron chi connectivity index (χ1n) is 11.8. The molecule has 4 nitrogen and oxygen atoms in total. The smallest absolute Gasteiger partial charge is 0.337 e. The first kappa shape index (κ1) is 24.9. The summed E-state index contributed by atoms with van der Waals surface area (Å²) in [6, 6.07) is 14.0. The fraction of sp³-hybridized carbons (Fsp3) is 0.345. The highest BCUT2D eigenvalue weighted by Crippen LogP contribution is 2.44. The van der Waals surface area contributed by atoms with Crippen LogP contribution in [0.5, 0.6) is 0 Å². The van der Waals surface area contributed by atoms with Crippen molar-refractivity contribution >= 4 is 11.7 Å². The maximum Gasteiger partial charge on any atom is 0.337 e. The average molecular weight is 480 g/mol. The number of carbonyl (C=O) groups is 1. The van der Waals surface area contributed by atoms with Gasteiger partial charge in [-0.1, -0.05) is 35.9 Å². The Hall–Kier alpha value is -3.25. The van der Waals surface area contributed by atoms with Gasteiger partial charge in [-0.25, -0.2) is 13.6 Å². The summed E-state index contributed by atoms with van der Waals surface area (Å²) >= 11 is 0. The summed E-state index contributed by atoms with van der Waals surface area (Å²) in [7, 11) is 0. The van der Waals surface area contributed by atoms with Gasteiger partial charge in [-0.15, -0.1) is 0 Å². The van der Waals surface area contributed by atoms with E-state index in [1.54, 1.807) is 6.07 Å². The molecule has 0 spiro atoms. The Balaban J connectivity index is 1.87. The molecule has 4 rings (SSSR count). The molecule has 1 heterocycles. The molecule has 1 unspecified atom stereocenters. The zero-order valence-electron chi connectivity index (χ0n) is 20.8. The molecule has 3 aromatic rings. The van der Waals surface area contributed by atoms with Crippen LogP contribution in [0.1, 0.15) is 54.7 Å². The second kappa shape index (κ2) is 9.42. The van der Waals surface area contributed by atoms with Crippen molar-refractivity contribution in [3.63, 3.8) is 0 Å². The van der Waals surface area contributed by atoms with Crippen LogP contribution in [0.2, 0.25) is 0 Å². The Bertz CT molecular complexity index is 1260. The van der Waals surface area contributed by atoms with E-state index in [9.17, 15) is 18.7 Å². The van der Waals surface area contributed by atoms with Crippen LogP contribution in [0.3, 0.4) is 0 Å². The molecule has 6 heteroatoms. The lowest BCUT2D eigenvalue weighted by molar-refractivity contribution is -0.160. The normalized spacial score (nSPS) is 14.2. The van der Waals surface area contributed by atoms with Gasteiger partial charge in [0, 0.05) is 24.3 Å². The van der Waals surface area contributed by atoms with E-state index in [1.165, 1.54) is 6.07 Å². The minimum Gasteiger partial charge on any atom is -0.479 e. The van der Waals surface area contributed by atoms with Crippen molar-refractivity contribution < 1.29 is 23.4 Å². The number of anilines is 1. The Morgan fingerprint density at radius 3 is 2.34 bits per heavy atom. The Morgan fingerprint density at radius 2 is 1.74 bits per heavy atom. The van der Waals surface area contributed by atoms with E-state index in [-0.39, 0.29) is 0 Å². The number of rotatable bonds is 6. The molecule has 0 saturated carbocycles. The predicted octanol–water partition coefficient (Wildman–Crippen LogP) is 6.75. The molecule has 0 aromatic heterocycles. The molecule has 0 fully saturated rings. The molecule has 0 aliphatic carbocycles. The van der Waals surface area contributed by atoms with Crippen LogP contribution >= 0.6 is 0 Å². The zero-order chi connectivity index (χ0) is 25.5. The van der Waals surface area contributed by atoms with Crippen molar-refractivity contribution in [2.45, 2.75) is 59.3 Å². The van der Waals surface area contributed by atoms with E-state index in [0.717, 1.165) is 39.6 Å². The number of aryl methyl sites for hydroxylation is 2. The van der Waals surface area contributed by atoms with Crippen molar-refractivity contribution in [2.24, 2.45) is 0 Å². The van der Waals surface area contributed by atoms with Crippen molar-refractivity contribution in [1.29, 1.82) is 0 Å². The third-order valence-corrected chi connectivity index (χ3v) is 6.29. The zero-order valence-corrected chi connectivity index (χ0v) is 20.8. The summed E-state index contributed by atoms with van der Waals surface area (Å²) in [5.74, 6) is -2.76. The molecule has 35 heavy (non-hydrogen) atoms. The second-order valence-corrected chi connectivity index (χ2v) is 10.2. The summed E-state index contributed by atoms with van der Waals surface area (Å²) < 4.78 is 33.3. The molecule has 0 bridgehead atoms. The summed E-state index contributed by atoms with van der Waals surface area (Å²) in [5.41, 5.74) is 6.44. The molecular weight excluding hydrogens is 448 g/mol. The number of halogens is 2. The molecule has 1 N–H and O–H groups in total. The second-order valence-electron chi connectivity index (χ2n) is 10.2. The number of hydrogen-bond donors (Lipinski definition) is 1. The standard InChI is InChI=1S/C29H31F2NO3/c1-17-6-9-20(10-7-17)26-21-12-13-32(16-19-8-11-22(30)23(31)15-19)24(21)14-18(2)25(26)27(28(33)34)35-29(3,4)5/h6-11,14-15,27H,12-13,16H2,1-5H3,(H,33,34). The third kappa shape index (κ3) is 5.22. The van der Waals surface area contributed by atoms with E-state index in [2.05, 4.69) is 4.90 Å². The molecule has 1 aliphatic rings. The van der Waals surface area contributed by atoms with Crippen LogP contribution in [0.25, 0.3) is 11.1 Å². The van der Waals surface area contributed by atoms with E-state index in [4.69, 9.17) is 4.74 Å². The van der Waals surface area contributed by atoms with Crippen molar-refractivity contribution in [3.8, 4) is 11.1 Å². The summed E-state index contributed by atoms with van der Waals surface area (Å²) in [6.07, 6.45) is -0.422. The molecule has 1 atom stereocenters. The van der Waals surface area contributed by atoms with Crippen LogP contribution in [-0.2, 0) is 22.5 Å². The minimum absolute atomic E-state index is 0.428. The maximum absolute atomic E-state index is 13.8. The third-order valence-electron chi connectivity index (χ3n) is 6.29. The number of carboxylic acids is 1. The SMILES string of the molecule is Cc1ccc(-c2c3c(cc(C)c2C(OC(C)(C)C)C(=O)O)N(Cc2ccc(F)c(F)c2)CC3)cc1. The molecule has 0 radical (unpaired) electrons. The molecule has 0 saturated heterocycles.